The number of phenolic OH excluding ortho intramolecular Hbond substituents is 1. The first-order valence-corrected chi connectivity index (χ1v) is 4.36. The van der Waals surface area contributed by atoms with E-state index in [-0.39, 0.29) is 5.75 Å². The second-order valence-electron chi connectivity index (χ2n) is 2.76. The number of rotatable bonds is 1. The third-order valence-electron chi connectivity index (χ3n) is 2.00. The summed E-state index contributed by atoms with van der Waals surface area (Å²) in [6, 6.07) is 11.0. The van der Waals surface area contributed by atoms with Gasteiger partial charge in [0.05, 0.1) is 5.69 Å². The van der Waals surface area contributed by atoms with Crippen LogP contribution in [0.5, 0.6) is 5.75 Å². The smallest absolute Gasteiger partial charge is 0.123 e. The molecule has 0 saturated carbocycles. The molecule has 0 bridgehead atoms. The van der Waals surface area contributed by atoms with E-state index in [0.717, 1.165) is 16.5 Å². The van der Waals surface area contributed by atoms with E-state index >= 15 is 0 Å². The Balaban J connectivity index is 2.92. The topological polar surface area (TPSA) is 32.6 Å². The Kier molecular flexibility index (Phi) is 1.99. The van der Waals surface area contributed by atoms with Gasteiger partial charge in [0.15, 0.2) is 0 Å². The molecule has 0 fully saturated rings. The number of aromatic hydroxyl groups is 1. The van der Waals surface area contributed by atoms with Gasteiger partial charge < -0.3 is 5.11 Å². The Labute approximate surface area is 78.1 Å². The van der Waals surface area contributed by atoms with Crippen LogP contribution in [-0.2, 0) is 0 Å². The zero-order chi connectivity index (χ0) is 9.26. The van der Waals surface area contributed by atoms with Crippen molar-refractivity contribution < 1.29 is 5.11 Å². The first kappa shape index (κ1) is 8.21. The van der Waals surface area contributed by atoms with Gasteiger partial charge in [-0.3, -0.25) is 0 Å². The lowest BCUT2D eigenvalue weighted by atomic mass is 10.1. The van der Waals surface area contributed by atoms with Gasteiger partial charge >= 0.3 is 0 Å². The molecule has 2 nitrogen and oxygen atoms in total. The third-order valence-corrected chi connectivity index (χ3v) is 2.24. The maximum absolute atomic E-state index is 9.53. The summed E-state index contributed by atoms with van der Waals surface area (Å²) in [4.78, 5) is 0. The fourth-order valence-electron chi connectivity index (χ4n) is 1.36. The Hall–Kier alpha value is -1.40. The van der Waals surface area contributed by atoms with Crippen molar-refractivity contribution in [2.45, 2.75) is 0 Å². The maximum atomic E-state index is 9.53. The molecule has 1 N–H and O–H groups in total. The van der Waals surface area contributed by atoms with Crippen molar-refractivity contribution in [1.82, 2.24) is 0 Å². The molecule has 2 rings (SSSR count). The molecule has 0 aromatic heterocycles. The van der Waals surface area contributed by atoms with E-state index in [0.29, 0.717) is 0 Å². The fraction of sp³-hybridized carbons (Fsp3) is 0. The number of benzene rings is 2. The maximum Gasteiger partial charge on any atom is 0.123 e. The molecule has 0 amide bonds. The van der Waals surface area contributed by atoms with Crippen LogP contribution in [0, 0.1) is 0 Å². The SMILES string of the molecule is Oc1ccc(N=P)c2ccccc12. The van der Waals surface area contributed by atoms with Gasteiger partial charge in [-0.2, -0.15) is 0 Å². The van der Waals surface area contributed by atoms with Crippen LogP contribution < -0.4 is 0 Å². The second-order valence-corrected chi connectivity index (χ2v) is 2.98. The van der Waals surface area contributed by atoms with Gasteiger partial charge in [-0.05, 0) is 21.2 Å². The largest absolute Gasteiger partial charge is 0.507 e. The summed E-state index contributed by atoms with van der Waals surface area (Å²) in [5.41, 5.74) is 0.824. The summed E-state index contributed by atoms with van der Waals surface area (Å²) in [6.45, 7) is 0. The number of hydrogen-bond acceptors (Lipinski definition) is 2. The minimum absolute atomic E-state index is 0.287. The van der Waals surface area contributed by atoms with E-state index in [2.05, 4.69) is 13.8 Å². The first-order chi connectivity index (χ1) is 6.33. The van der Waals surface area contributed by atoms with Crippen LogP contribution in [0.15, 0.2) is 41.1 Å². The Morgan fingerprint density at radius 2 is 1.69 bits per heavy atom. The van der Waals surface area contributed by atoms with Crippen LogP contribution in [0.25, 0.3) is 10.8 Å². The zero-order valence-electron chi connectivity index (χ0n) is 6.86. The molecule has 0 radical (unpaired) electrons. The predicted octanol–water partition coefficient (Wildman–Crippen LogP) is 3.50. The molecular weight excluding hydrogens is 181 g/mol. The molecule has 0 aliphatic carbocycles. The molecule has 0 spiro atoms. The highest BCUT2D eigenvalue weighted by atomic mass is 31.0. The van der Waals surface area contributed by atoms with Crippen molar-refractivity contribution in [2.24, 2.45) is 4.74 Å². The Morgan fingerprint density at radius 1 is 1.00 bits per heavy atom. The van der Waals surface area contributed by atoms with Crippen molar-refractivity contribution in [3.63, 3.8) is 0 Å². The minimum Gasteiger partial charge on any atom is -0.507 e. The molecule has 0 saturated heterocycles. The van der Waals surface area contributed by atoms with Crippen LogP contribution in [-0.4, -0.2) is 5.11 Å². The molecule has 2 aromatic rings. The average molecular weight is 189 g/mol. The van der Waals surface area contributed by atoms with Gasteiger partial charge in [0, 0.05) is 10.8 Å². The highest BCUT2D eigenvalue weighted by molar-refractivity contribution is 7.04. The summed E-state index contributed by atoms with van der Waals surface area (Å²) >= 11 is 0. The van der Waals surface area contributed by atoms with E-state index < -0.39 is 0 Å². The third kappa shape index (κ3) is 1.30. The fourth-order valence-corrected chi connectivity index (χ4v) is 1.56. The zero-order valence-corrected chi connectivity index (χ0v) is 7.86. The van der Waals surface area contributed by atoms with Gasteiger partial charge in [-0.25, -0.2) is 4.74 Å². The Bertz CT molecular complexity index is 467. The summed E-state index contributed by atoms with van der Waals surface area (Å²) in [7, 11) is 3.09. The van der Waals surface area contributed by atoms with Crippen molar-refractivity contribution in [2.75, 3.05) is 0 Å². The highest BCUT2D eigenvalue weighted by Crippen LogP contribution is 2.32. The second kappa shape index (κ2) is 3.15. The van der Waals surface area contributed by atoms with E-state index in [1.807, 2.05) is 24.3 Å². The van der Waals surface area contributed by atoms with Gasteiger partial charge in [0.2, 0.25) is 0 Å². The summed E-state index contributed by atoms with van der Waals surface area (Å²) < 4.78 is 3.93. The molecule has 0 aliphatic rings. The quantitative estimate of drug-likeness (QED) is 0.684. The lowest BCUT2D eigenvalue weighted by molar-refractivity contribution is 0.481. The lowest BCUT2D eigenvalue weighted by Crippen LogP contribution is -1.73. The van der Waals surface area contributed by atoms with E-state index in [9.17, 15) is 5.11 Å². The van der Waals surface area contributed by atoms with Crippen LogP contribution >= 0.6 is 9.03 Å². The monoisotopic (exact) mass is 189 g/mol. The van der Waals surface area contributed by atoms with Crippen molar-refractivity contribution in [3.8, 4) is 5.75 Å². The summed E-state index contributed by atoms with van der Waals surface area (Å²) in [6.07, 6.45) is 0. The predicted molar refractivity (Wildman–Crippen MR) is 56.0 cm³/mol. The van der Waals surface area contributed by atoms with Crippen LogP contribution in [0.2, 0.25) is 0 Å². The molecule has 13 heavy (non-hydrogen) atoms. The molecule has 0 heterocycles. The molecule has 0 unspecified atom stereocenters. The molecule has 0 aliphatic heterocycles. The number of nitrogens with zero attached hydrogens (tertiary/aromatic N) is 1. The standard InChI is InChI=1S/C10H8NOP/c12-10-6-5-9(11-13)7-3-1-2-4-8(7)10/h1-6,12-13H. The van der Waals surface area contributed by atoms with Crippen LogP contribution in [0.3, 0.4) is 0 Å². The minimum atomic E-state index is 0.287. The molecule has 2 aromatic carbocycles. The number of hydrogen-bond donors (Lipinski definition) is 1. The van der Waals surface area contributed by atoms with Gasteiger partial charge in [0.25, 0.3) is 0 Å². The first-order valence-electron chi connectivity index (χ1n) is 3.91. The molecular formula is C10H8NOP. The van der Waals surface area contributed by atoms with Gasteiger partial charge in [-0.15, -0.1) is 0 Å². The van der Waals surface area contributed by atoms with Crippen LogP contribution in [0.4, 0.5) is 5.69 Å². The van der Waals surface area contributed by atoms with E-state index in [1.165, 1.54) is 0 Å². The average Bonchev–Trinajstić information content (AvgIpc) is 2.19. The number of fused-ring (bicyclic) bond motifs is 1. The number of phenols is 1. The van der Waals surface area contributed by atoms with Crippen molar-refractivity contribution >= 4 is 25.5 Å². The summed E-state index contributed by atoms with van der Waals surface area (Å²) in [5.74, 6) is 0.287. The molecule has 64 valence electrons. The van der Waals surface area contributed by atoms with E-state index in [4.69, 9.17) is 0 Å². The van der Waals surface area contributed by atoms with Crippen molar-refractivity contribution in [1.29, 1.82) is 0 Å². The highest BCUT2D eigenvalue weighted by Gasteiger charge is 2.01. The van der Waals surface area contributed by atoms with Gasteiger partial charge in [0.1, 0.15) is 5.75 Å². The molecule has 3 heteroatoms. The molecule has 0 atom stereocenters. The van der Waals surface area contributed by atoms with E-state index in [1.54, 1.807) is 12.1 Å². The lowest BCUT2D eigenvalue weighted by Gasteiger charge is -2.02. The van der Waals surface area contributed by atoms with Crippen LogP contribution in [0.1, 0.15) is 0 Å². The van der Waals surface area contributed by atoms with Crippen molar-refractivity contribution in [3.05, 3.63) is 36.4 Å². The Morgan fingerprint density at radius 3 is 2.38 bits per heavy atom. The summed E-state index contributed by atoms with van der Waals surface area (Å²) in [5, 5.41) is 11.3. The van der Waals surface area contributed by atoms with Gasteiger partial charge in [-0.1, -0.05) is 24.3 Å². The normalized spacial score (nSPS) is 10.2.